The first-order valence-corrected chi connectivity index (χ1v) is 9.48. The second-order valence-electron chi connectivity index (χ2n) is 4.55. The molecule has 0 aliphatic carbocycles. The Labute approximate surface area is 141 Å². The van der Waals surface area contributed by atoms with Gasteiger partial charge in [-0.05, 0) is 47.0 Å². The summed E-state index contributed by atoms with van der Waals surface area (Å²) in [5, 5.41) is 10.9. The molecule has 1 amide bonds. The number of carboxylic acid groups (broad SMARTS) is 1. The maximum Gasteiger partial charge on any atom is 0.404 e. The molecule has 0 unspecified atom stereocenters. The second kappa shape index (κ2) is 6.80. The highest BCUT2D eigenvalue weighted by Crippen LogP contribution is 2.39. The molecule has 0 aliphatic rings. The van der Waals surface area contributed by atoms with Crippen LogP contribution in [0.5, 0.6) is 0 Å². The third kappa shape index (κ3) is 3.50. The van der Waals surface area contributed by atoms with E-state index >= 15 is 0 Å². The molecule has 0 bridgehead atoms. The van der Waals surface area contributed by atoms with Crippen LogP contribution in [0.4, 0.5) is 4.79 Å². The van der Waals surface area contributed by atoms with E-state index < -0.39 is 15.9 Å². The molecule has 2 N–H and O–H groups in total. The standard InChI is InChI=1S/C14H14BrNO4S2/c1-9-11(7-8-16-14(17)18)21-13(12(9)15)22(19,20)10-5-3-2-4-6-10/h2-6,16H,7-8H2,1H3,(H,17,18). The predicted molar refractivity (Wildman–Crippen MR) is 88.4 cm³/mol. The number of hydrogen-bond acceptors (Lipinski definition) is 4. The predicted octanol–water partition coefficient (Wildman–Crippen LogP) is 3.46. The molecule has 0 saturated heterocycles. The van der Waals surface area contributed by atoms with Gasteiger partial charge in [0.15, 0.2) is 0 Å². The fourth-order valence-corrected chi connectivity index (χ4v) is 6.24. The lowest BCUT2D eigenvalue weighted by molar-refractivity contribution is 0.194. The van der Waals surface area contributed by atoms with Crippen molar-refractivity contribution in [3.05, 3.63) is 45.2 Å². The molecule has 22 heavy (non-hydrogen) atoms. The zero-order chi connectivity index (χ0) is 16.3. The van der Waals surface area contributed by atoms with Crippen LogP contribution in [0.3, 0.4) is 0 Å². The van der Waals surface area contributed by atoms with Gasteiger partial charge in [-0.15, -0.1) is 11.3 Å². The quantitative estimate of drug-likeness (QED) is 0.800. The van der Waals surface area contributed by atoms with Gasteiger partial charge in [0, 0.05) is 11.4 Å². The SMILES string of the molecule is Cc1c(CCNC(=O)O)sc(S(=O)(=O)c2ccccc2)c1Br. The normalized spacial score (nSPS) is 11.4. The summed E-state index contributed by atoms with van der Waals surface area (Å²) < 4.78 is 26.1. The molecule has 1 heterocycles. The van der Waals surface area contributed by atoms with Gasteiger partial charge in [-0.2, -0.15) is 0 Å². The molecule has 0 atom stereocenters. The lowest BCUT2D eigenvalue weighted by atomic mass is 10.2. The van der Waals surface area contributed by atoms with E-state index in [0.29, 0.717) is 10.9 Å². The highest BCUT2D eigenvalue weighted by Gasteiger charge is 2.25. The summed E-state index contributed by atoms with van der Waals surface area (Å²) in [6, 6.07) is 8.24. The van der Waals surface area contributed by atoms with Crippen molar-refractivity contribution < 1.29 is 18.3 Å². The smallest absolute Gasteiger partial charge is 0.404 e. The Morgan fingerprint density at radius 3 is 2.55 bits per heavy atom. The molecule has 0 aliphatic heterocycles. The Balaban J connectivity index is 2.35. The van der Waals surface area contributed by atoms with Crippen molar-refractivity contribution in [2.45, 2.75) is 22.4 Å². The molecule has 1 aromatic heterocycles. The summed E-state index contributed by atoms with van der Waals surface area (Å²) in [6.45, 7) is 2.06. The molecule has 0 fully saturated rings. The van der Waals surface area contributed by atoms with Crippen molar-refractivity contribution in [1.29, 1.82) is 0 Å². The maximum atomic E-state index is 12.7. The molecule has 0 radical (unpaired) electrons. The minimum Gasteiger partial charge on any atom is -0.465 e. The number of amides is 1. The summed E-state index contributed by atoms with van der Waals surface area (Å²) in [6.07, 6.45) is -0.642. The fraction of sp³-hybridized carbons (Fsp3) is 0.214. The lowest BCUT2D eigenvalue weighted by Crippen LogP contribution is -2.23. The van der Waals surface area contributed by atoms with E-state index in [1.807, 2.05) is 6.92 Å². The summed E-state index contributed by atoms with van der Waals surface area (Å²) in [5.74, 6) is 0. The Bertz CT molecular complexity index is 785. The Kier molecular flexibility index (Phi) is 5.25. The van der Waals surface area contributed by atoms with Gasteiger partial charge in [-0.25, -0.2) is 13.2 Å². The number of halogens is 1. The maximum absolute atomic E-state index is 12.7. The Morgan fingerprint density at radius 1 is 1.32 bits per heavy atom. The lowest BCUT2D eigenvalue weighted by Gasteiger charge is -2.02. The number of thiophene rings is 1. The van der Waals surface area contributed by atoms with Crippen LogP contribution in [0.1, 0.15) is 10.4 Å². The fourth-order valence-electron chi connectivity index (χ4n) is 1.91. The van der Waals surface area contributed by atoms with Gasteiger partial charge in [0.05, 0.1) is 9.37 Å². The zero-order valence-electron chi connectivity index (χ0n) is 11.7. The average Bonchev–Trinajstić information content (AvgIpc) is 2.77. The van der Waals surface area contributed by atoms with Crippen molar-refractivity contribution in [3.8, 4) is 0 Å². The van der Waals surface area contributed by atoms with Crippen LogP contribution in [0.25, 0.3) is 0 Å². The van der Waals surface area contributed by atoms with Gasteiger partial charge in [0.2, 0.25) is 9.84 Å². The van der Waals surface area contributed by atoms with Crippen LogP contribution in [-0.4, -0.2) is 26.2 Å². The third-order valence-electron chi connectivity index (χ3n) is 3.07. The van der Waals surface area contributed by atoms with Crippen LogP contribution in [0.15, 0.2) is 43.9 Å². The largest absolute Gasteiger partial charge is 0.465 e. The third-order valence-corrected chi connectivity index (χ3v) is 8.22. The number of carbonyl (C=O) groups is 1. The van der Waals surface area contributed by atoms with Gasteiger partial charge < -0.3 is 10.4 Å². The van der Waals surface area contributed by atoms with Crippen molar-refractivity contribution in [3.63, 3.8) is 0 Å². The van der Waals surface area contributed by atoms with E-state index in [1.165, 1.54) is 11.3 Å². The summed E-state index contributed by atoms with van der Waals surface area (Å²) in [4.78, 5) is 11.6. The zero-order valence-corrected chi connectivity index (χ0v) is 14.9. The van der Waals surface area contributed by atoms with Gasteiger partial charge in [0.1, 0.15) is 4.21 Å². The molecule has 118 valence electrons. The topological polar surface area (TPSA) is 83.5 Å². The molecule has 0 spiro atoms. The molecular weight excluding hydrogens is 390 g/mol. The van der Waals surface area contributed by atoms with Crippen LogP contribution in [-0.2, 0) is 16.3 Å². The minimum atomic E-state index is -3.58. The summed E-state index contributed by atoms with van der Waals surface area (Å²) in [7, 11) is -3.58. The number of rotatable bonds is 5. The van der Waals surface area contributed by atoms with Gasteiger partial charge in [-0.3, -0.25) is 0 Å². The monoisotopic (exact) mass is 403 g/mol. The van der Waals surface area contributed by atoms with Gasteiger partial charge in [-0.1, -0.05) is 18.2 Å². The van der Waals surface area contributed by atoms with Crippen LogP contribution >= 0.6 is 27.3 Å². The summed E-state index contributed by atoms with van der Waals surface area (Å²) in [5.41, 5.74) is 0.826. The van der Waals surface area contributed by atoms with E-state index in [0.717, 1.165) is 10.4 Å². The highest BCUT2D eigenvalue weighted by atomic mass is 79.9. The van der Waals surface area contributed by atoms with Crippen LogP contribution in [0, 0.1) is 6.92 Å². The minimum absolute atomic E-state index is 0.243. The van der Waals surface area contributed by atoms with E-state index in [-0.39, 0.29) is 15.6 Å². The molecular formula is C14H14BrNO4S2. The highest BCUT2D eigenvalue weighted by molar-refractivity contribution is 9.10. The van der Waals surface area contributed by atoms with Crippen LogP contribution in [0.2, 0.25) is 0 Å². The van der Waals surface area contributed by atoms with E-state index in [9.17, 15) is 13.2 Å². The van der Waals surface area contributed by atoms with E-state index in [2.05, 4.69) is 21.2 Å². The summed E-state index contributed by atoms with van der Waals surface area (Å²) >= 11 is 4.52. The van der Waals surface area contributed by atoms with Crippen molar-refractivity contribution in [2.75, 3.05) is 6.54 Å². The first-order chi connectivity index (χ1) is 10.3. The molecule has 1 aromatic carbocycles. The van der Waals surface area contributed by atoms with Gasteiger partial charge >= 0.3 is 6.09 Å². The number of benzene rings is 1. The molecule has 5 nitrogen and oxygen atoms in total. The van der Waals surface area contributed by atoms with Crippen molar-refractivity contribution in [2.24, 2.45) is 0 Å². The molecule has 2 aromatic rings. The number of sulfone groups is 1. The number of nitrogens with one attached hydrogen (secondary N) is 1. The first-order valence-electron chi connectivity index (χ1n) is 6.38. The Morgan fingerprint density at radius 2 is 1.95 bits per heavy atom. The van der Waals surface area contributed by atoms with Crippen molar-refractivity contribution >= 4 is 43.2 Å². The molecule has 8 heteroatoms. The van der Waals surface area contributed by atoms with E-state index in [1.54, 1.807) is 30.3 Å². The average molecular weight is 404 g/mol. The second-order valence-corrected chi connectivity index (χ2v) is 8.59. The van der Waals surface area contributed by atoms with Gasteiger partial charge in [0.25, 0.3) is 0 Å². The first kappa shape index (κ1) is 17.0. The molecule has 2 rings (SSSR count). The number of hydrogen-bond donors (Lipinski definition) is 2. The Hall–Kier alpha value is -1.38. The van der Waals surface area contributed by atoms with Crippen LogP contribution < -0.4 is 5.32 Å². The van der Waals surface area contributed by atoms with Crippen molar-refractivity contribution in [1.82, 2.24) is 5.32 Å². The molecule has 0 saturated carbocycles. The van der Waals surface area contributed by atoms with E-state index in [4.69, 9.17) is 5.11 Å².